The molecule has 0 amide bonds. The molecule has 1 atom stereocenters. The standard InChI is InChI=1S/C15H18O6/c1-4-20-15(18)10(2)21-13-7-6-12(19-3)9-11(13)5-8-14(16)17/h5-10H,4H2,1-3H3,(H,16,17). The third-order valence-electron chi connectivity index (χ3n) is 2.54. The lowest BCUT2D eigenvalue weighted by atomic mass is 10.1. The fraction of sp³-hybridized carbons (Fsp3) is 0.333. The quantitative estimate of drug-likeness (QED) is 0.612. The summed E-state index contributed by atoms with van der Waals surface area (Å²) in [4.78, 5) is 22.2. The lowest BCUT2D eigenvalue weighted by Gasteiger charge is -2.15. The van der Waals surface area contributed by atoms with Crippen LogP contribution in [0.25, 0.3) is 6.08 Å². The summed E-state index contributed by atoms with van der Waals surface area (Å²) >= 11 is 0. The molecule has 6 heteroatoms. The number of carbonyl (C=O) groups excluding carboxylic acids is 1. The highest BCUT2D eigenvalue weighted by Gasteiger charge is 2.17. The Morgan fingerprint density at radius 1 is 1.38 bits per heavy atom. The van der Waals surface area contributed by atoms with Gasteiger partial charge >= 0.3 is 11.9 Å². The van der Waals surface area contributed by atoms with Gasteiger partial charge in [0.05, 0.1) is 13.7 Å². The number of aliphatic carboxylic acids is 1. The summed E-state index contributed by atoms with van der Waals surface area (Å²) in [5.74, 6) is -0.645. The topological polar surface area (TPSA) is 82.1 Å². The van der Waals surface area contributed by atoms with Gasteiger partial charge in [0.2, 0.25) is 0 Å². The normalized spacial score (nSPS) is 12.0. The molecule has 0 spiro atoms. The van der Waals surface area contributed by atoms with Gasteiger partial charge in [-0.05, 0) is 38.1 Å². The predicted octanol–water partition coefficient (Wildman–Crippen LogP) is 2.12. The molecule has 1 aromatic rings. The van der Waals surface area contributed by atoms with E-state index in [0.717, 1.165) is 6.08 Å². The van der Waals surface area contributed by atoms with Crippen LogP contribution in [0.15, 0.2) is 24.3 Å². The van der Waals surface area contributed by atoms with Crippen LogP contribution in [0, 0.1) is 0 Å². The molecule has 0 bridgehead atoms. The molecular weight excluding hydrogens is 276 g/mol. The molecule has 0 saturated heterocycles. The van der Waals surface area contributed by atoms with Crippen LogP contribution >= 0.6 is 0 Å². The van der Waals surface area contributed by atoms with Crippen molar-refractivity contribution in [1.82, 2.24) is 0 Å². The molecular formula is C15H18O6. The van der Waals surface area contributed by atoms with Crippen LogP contribution in [0.3, 0.4) is 0 Å². The van der Waals surface area contributed by atoms with Gasteiger partial charge < -0.3 is 19.3 Å². The van der Waals surface area contributed by atoms with E-state index in [1.165, 1.54) is 13.2 Å². The van der Waals surface area contributed by atoms with Crippen molar-refractivity contribution in [3.05, 3.63) is 29.8 Å². The number of benzene rings is 1. The molecule has 0 radical (unpaired) electrons. The van der Waals surface area contributed by atoms with Crippen molar-refractivity contribution in [3.63, 3.8) is 0 Å². The Balaban J connectivity index is 2.99. The molecule has 21 heavy (non-hydrogen) atoms. The minimum atomic E-state index is -1.08. The van der Waals surface area contributed by atoms with Gasteiger partial charge in [0.1, 0.15) is 11.5 Å². The largest absolute Gasteiger partial charge is 0.497 e. The van der Waals surface area contributed by atoms with E-state index in [1.807, 2.05) is 0 Å². The summed E-state index contributed by atoms with van der Waals surface area (Å²) < 4.78 is 15.5. The fourth-order valence-corrected chi connectivity index (χ4v) is 1.55. The highest BCUT2D eigenvalue weighted by atomic mass is 16.6. The number of rotatable bonds is 7. The smallest absolute Gasteiger partial charge is 0.347 e. The maximum atomic E-state index is 11.6. The van der Waals surface area contributed by atoms with Crippen molar-refractivity contribution in [2.24, 2.45) is 0 Å². The lowest BCUT2D eigenvalue weighted by molar-refractivity contribution is -0.150. The maximum Gasteiger partial charge on any atom is 0.347 e. The summed E-state index contributed by atoms with van der Waals surface area (Å²) in [6, 6.07) is 4.88. The number of carboxylic acids is 1. The number of esters is 1. The molecule has 1 N–H and O–H groups in total. The van der Waals surface area contributed by atoms with E-state index >= 15 is 0 Å². The minimum Gasteiger partial charge on any atom is -0.497 e. The molecule has 1 unspecified atom stereocenters. The van der Waals surface area contributed by atoms with Crippen molar-refractivity contribution < 1.29 is 28.9 Å². The number of ether oxygens (including phenoxy) is 3. The van der Waals surface area contributed by atoms with E-state index in [2.05, 4.69) is 0 Å². The maximum absolute atomic E-state index is 11.6. The first-order valence-corrected chi connectivity index (χ1v) is 6.40. The Morgan fingerprint density at radius 2 is 2.10 bits per heavy atom. The molecule has 0 aliphatic heterocycles. The third-order valence-corrected chi connectivity index (χ3v) is 2.54. The molecule has 1 aromatic carbocycles. The van der Waals surface area contributed by atoms with Gasteiger partial charge in [-0.15, -0.1) is 0 Å². The summed E-state index contributed by atoms with van der Waals surface area (Å²) in [6.07, 6.45) is 1.56. The van der Waals surface area contributed by atoms with Crippen LogP contribution in [0.2, 0.25) is 0 Å². The first-order valence-electron chi connectivity index (χ1n) is 6.40. The molecule has 0 aliphatic carbocycles. The Morgan fingerprint density at radius 3 is 2.67 bits per heavy atom. The van der Waals surface area contributed by atoms with E-state index in [-0.39, 0.29) is 6.61 Å². The number of hydrogen-bond acceptors (Lipinski definition) is 5. The van der Waals surface area contributed by atoms with E-state index in [1.54, 1.807) is 32.0 Å². The van der Waals surface area contributed by atoms with Crippen molar-refractivity contribution in [2.45, 2.75) is 20.0 Å². The van der Waals surface area contributed by atoms with E-state index in [9.17, 15) is 9.59 Å². The summed E-state index contributed by atoms with van der Waals surface area (Å²) in [7, 11) is 1.50. The monoisotopic (exact) mass is 294 g/mol. The number of carboxylic acid groups (broad SMARTS) is 1. The van der Waals surface area contributed by atoms with Gasteiger partial charge in [-0.2, -0.15) is 0 Å². The van der Waals surface area contributed by atoms with Gasteiger partial charge in [0, 0.05) is 11.6 Å². The van der Waals surface area contributed by atoms with Crippen molar-refractivity contribution >= 4 is 18.0 Å². The molecule has 0 fully saturated rings. The van der Waals surface area contributed by atoms with Crippen LogP contribution in [-0.4, -0.2) is 36.9 Å². The average Bonchev–Trinajstić information content (AvgIpc) is 2.46. The SMILES string of the molecule is CCOC(=O)C(C)Oc1ccc(OC)cc1C=CC(=O)O. The number of carbonyl (C=O) groups is 2. The Labute approximate surface area is 122 Å². The zero-order chi connectivity index (χ0) is 15.8. The third kappa shape index (κ3) is 5.18. The van der Waals surface area contributed by atoms with E-state index in [0.29, 0.717) is 17.1 Å². The lowest BCUT2D eigenvalue weighted by Crippen LogP contribution is -2.26. The van der Waals surface area contributed by atoms with Gasteiger partial charge in [0.15, 0.2) is 6.10 Å². The van der Waals surface area contributed by atoms with Gasteiger partial charge in [-0.3, -0.25) is 0 Å². The number of methoxy groups -OCH3 is 1. The van der Waals surface area contributed by atoms with Gasteiger partial charge in [-0.1, -0.05) is 0 Å². The van der Waals surface area contributed by atoms with E-state index in [4.69, 9.17) is 19.3 Å². The second-order valence-corrected chi connectivity index (χ2v) is 4.09. The molecule has 0 aromatic heterocycles. The fourth-order valence-electron chi connectivity index (χ4n) is 1.55. The first-order chi connectivity index (χ1) is 9.97. The number of hydrogen-bond donors (Lipinski definition) is 1. The summed E-state index contributed by atoms with van der Waals surface area (Å²) in [5, 5.41) is 8.70. The van der Waals surface area contributed by atoms with Crippen LogP contribution in [0.1, 0.15) is 19.4 Å². The Bertz CT molecular complexity index is 535. The second-order valence-electron chi connectivity index (χ2n) is 4.09. The van der Waals surface area contributed by atoms with Crippen LogP contribution in [-0.2, 0) is 14.3 Å². The van der Waals surface area contributed by atoms with Crippen molar-refractivity contribution in [1.29, 1.82) is 0 Å². The van der Waals surface area contributed by atoms with Crippen LogP contribution in [0.4, 0.5) is 0 Å². The Hall–Kier alpha value is -2.50. The molecule has 0 aliphatic rings. The minimum absolute atomic E-state index is 0.265. The van der Waals surface area contributed by atoms with Crippen molar-refractivity contribution in [3.8, 4) is 11.5 Å². The van der Waals surface area contributed by atoms with Crippen LogP contribution in [0.5, 0.6) is 11.5 Å². The summed E-state index contributed by atoms with van der Waals surface area (Å²) in [6.45, 7) is 3.53. The van der Waals surface area contributed by atoms with Gasteiger partial charge in [-0.25, -0.2) is 9.59 Å². The van der Waals surface area contributed by atoms with Gasteiger partial charge in [0.25, 0.3) is 0 Å². The summed E-state index contributed by atoms with van der Waals surface area (Å²) in [5.41, 5.74) is 0.493. The first kappa shape index (κ1) is 16.6. The zero-order valence-electron chi connectivity index (χ0n) is 12.2. The average molecular weight is 294 g/mol. The molecule has 0 saturated carbocycles. The molecule has 0 heterocycles. The Kier molecular flexibility index (Phi) is 6.26. The molecule has 114 valence electrons. The second kappa shape index (κ2) is 7.94. The molecule has 1 rings (SSSR count). The predicted molar refractivity (Wildman–Crippen MR) is 76.4 cm³/mol. The van der Waals surface area contributed by atoms with E-state index < -0.39 is 18.0 Å². The zero-order valence-corrected chi connectivity index (χ0v) is 12.2. The van der Waals surface area contributed by atoms with Crippen molar-refractivity contribution in [2.75, 3.05) is 13.7 Å². The highest BCUT2D eigenvalue weighted by molar-refractivity contribution is 5.86. The molecule has 6 nitrogen and oxygen atoms in total. The van der Waals surface area contributed by atoms with Crippen LogP contribution < -0.4 is 9.47 Å². The highest BCUT2D eigenvalue weighted by Crippen LogP contribution is 2.26.